The third-order valence-corrected chi connectivity index (χ3v) is 3.88. The molecule has 0 amide bonds. The van der Waals surface area contributed by atoms with Crippen molar-refractivity contribution in [3.63, 3.8) is 0 Å². The molecule has 2 rings (SSSR count). The summed E-state index contributed by atoms with van der Waals surface area (Å²) in [5.74, 6) is -0.291. The number of nitrogens with one attached hydrogen (secondary N) is 1. The molecule has 1 aromatic carbocycles. The molecule has 94 valence electrons. The van der Waals surface area contributed by atoms with E-state index in [-0.39, 0.29) is 23.4 Å². The molecule has 0 heterocycles. The largest absolute Gasteiger partial charge is 0.397 e. The van der Waals surface area contributed by atoms with Gasteiger partial charge in [-0.05, 0) is 31.0 Å². The molecule has 2 atom stereocenters. The SMILES string of the molecule is Cc1cc(NC2CC(O)C2(C)C)c(N)cc1F. The zero-order valence-electron chi connectivity index (χ0n) is 10.4. The van der Waals surface area contributed by atoms with Crippen LogP contribution in [0.15, 0.2) is 12.1 Å². The van der Waals surface area contributed by atoms with Crippen molar-refractivity contribution in [1.29, 1.82) is 0 Å². The summed E-state index contributed by atoms with van der Waals surface area (Å²) in [4.78, 5) is 0. The van der Waals surface area contributed by atoms with Crippen LogP contribution < -0.4 is 11.1 Å². The van der Waals surface area contributed by atoms with Gasteiger partial charge < -0.3 is 16.2 Å². The van der Waals surface area contributed by atoms with Crippen molar-refractivity contribution in [2.45, 2.75) is 39.3 Å². The molecule has 0 radical (unpaired) electrons. The average molecular weight is 238 g/mol. The monoisotopic (exact) mass is 238 g/mol. The van der Waals surface area contributed by atoms with Gasteiger partial charge in [-0.15, -0.1) is 0 Å². The van der Waals surface area contributed by atoms with Crippen LogP contribution >= 0.6 is 0 Å². The highest BCUT2D eigenvalue weighted by Gasteiger charge is 2.47. The van der Waals surface area contributed by atoms with Crippen LogP contribution in [-0.4, -0.2) is 17.3 Å². The highest BCUT2D eigenvalue weighted by molar-refractivity contribution is 5.68. The fraction of sp³-hybridized carbons (Fsp3) is 0.538. The summed E-state index contributed by atoms with van der Waals surface area (Å²) in [6.07, 6.45) is 0.408. The minimum atomic E-state index is -0.291. The van der Waals surface area contributed by atoms with Crippen LogP contribution in [0.2, 0.25) is 0 Å². The van der Waals surface area contributed by atoms with Gasteiger partial charge in [-0.2, -0.15) is 0 Å². The fourth-order valence-corrected chi connectivity index (χ4v) is 2.16. The Morgan fingerprint density at radius 1 is 1.47 bits per heavy atom. The van der Waals surface area contributed by atoms with Crippen LogP contribution in [0.4, 0.5) is 15.8 Å². The van der Waals surface area contributed by atoms with E-state index in [0.29, 0.717) is 17.7 Å². The zero-order chi connectivity index (χ0) is 12.8. The van der Waals surface area contributed by atoms with Crippen molar-refractivity contribution < 1.29 is 9.50 Å². The number of aliphatic hydroxyl groups excluding tert-OH is 1. The first kappa shape index (κ1) is 12.2. The van der Waals surface area contributed by atoms with E-state index in [1.807, 2.05) is 13.8 Å². The molecule has 0 spiro atoms. The Morgan fingerprint density at radius 3 is 2.65 bits per heavy atom. The fourth-order valence-electron chi connectivity index (χ4n) is 2.16. The molecule has 4 N–H and O–H groups in total. The number of hydrogen-bond donors (Lipinski definition) is 3. The molecule has 2 unspecified atom stereocenters. The molecule has 1 aromatic rings. The summed E-state index contributed by atoms with van der Waals surface area (Å²) in [6.45, 7) is 5.72. The topological polar surface area (TPSA) is 58.3 Å². The van der Waals surface area contributed by atoms with Crippen molar-refractivity contribution in [2.24, 2.45) is 5.41 Å². The number of benzene rings is 1. The van der Waals surface area contributed by atoms with Gasteiger partial charge >= 0.3 is 0 Å². The van der Waals surface area contributed by atoms with Gasteiger partial charge in [0, 0.05) is 11.5 Å². The van der Waals surface area contributed by atoms with Gasteiger partial charge in [-0.1, -0.05) is 13.8 Å². The van der Waals surface area contributed by atoms with E-state index < -0.39 is 0 Å². The summed E-state index contributed by atoms with van der Waals surface area (Å²) in [5, 5.41) is 12.9. The second-order valence-corrected chi connectivity index (χ2v) is 5.46. The predicted octanol–water partition coefficient (Wildman–Crippen LogP) is 2.29. The van der Waals surface area contributed by atoms with Gasteiger partial charge in [0.05, 0.1) is 17.5 Å². The molecule has 1 aliphatic carbocycles. The Kier molecular flexibility index (Phi) is 2.78. The van der Waals surface area contributed by atoms with Gasteiger partial charge in [0.1, 0.15) is 5.82 Å². The molecule has 1 aliphatic rings. The predicted molar refractivity (Wildman–Crippen MR) is 67.4 cm³/mol. The molecule has 1 saturated carbocycles. The van der Waals surface area contributed by atoms with Crippen LogP contribution in [0.25, 0.3) is 0 Å². The van der Waals surface area contributed by atoms with Crippen LogP contribution in [0.5, 0.6) is 0 Å². The second kappa shape index (κ2) is 3.88. The normalized spacial score (nSPS) is 26.4. The molecule has 0 bridgehead atoms. The molecule has 0 saturated heterocycles. The van der Waals surface area contributed by atoms with Crippen LogP contribution in [-0.2, 0) is 0 Å². The number of hydrogen-bond acceptors (Lipinski definition) is 3. The number of nitrogen functional groups attached to an aromatic ring is 1. The van der Waals surface area contributed by atoms with Gasteiger partial charge in [0.25, 0.3) is 0 Å². The van der Waals surface area contributed by atoms with E-state index in [9.17, 15) is 9.50 Å². The van der Waals surface area contributed by atoms with E-state index >= 15 is 0 Å². The Bertz CT molecular complexity index is 445. The number of rotatable bonds is 2. The van der Waals surface area contributed by atoms with Crippen LogP contribution in [0, 0.1) is 18.2 Å². The molecule has 3 nitrogen and oxygen atoms in total. The lowest BCUT2D eigenvalue weighted by atomic mass is 9.64. The van der Waals surface area contributed by atoms with Crippen molar-refractivity contribution in [2.75, 3.05) is 11.1 Å². The highest BCUT2D eigenvalue weighted by Crippen LogP contribution is 2.42. The summed E-state index contributed by atoms with van der Waals surface area (Å²) >= 11 is 0. The smallest absolute Gasteiger partial charge is 0.128 e. The second-order valence-electron chi connectivity index (χ2n) is 5.46. The lowest BCUT2D eigenvalue weighted by Crippen LogP contribution is -2.56. The minimum Gasteiger partial charge on any atom is -0.397 e. The van der Waals surface area contributed by atoms with Crippen LogP contribution in [0.1, 0.15) is 25.8 Å². The minimum absolute atomic E-state index is 0.171. The van der Waals surface area contributed by atoms with Crippen molar-refractivity contribution in [3.8, 4) is 0 Å². The van der Waals surface area contributed by atoms with Gasteiger partial charge in [-0.3, -0.25) is 0 Å². The molecule has 0 aliphatic heterocycles. The van der Waals surface area contributed by atoms with E-state index in [1.165, 1.54) is 6.07 Å². The van der Waals surface area contributed by atoms with E-state index in [1.54, 1.807) is 13.0 Å². The molecular formula is C13H19FN2O. The summed E-state index contributed by atoms with van der Waals surface area (Å²) < 4.78 is 13.3. The molecule has 17 heavy (non-hydrogen) atoms. The van der Waals surface area contributed by atoms with Crippen molar-refractivity contribution >= 4 is 11.4 Å². The van der Waals surface area contributed by atoms with E-state index in [2.05, 4.69) is 5.32 Å². The highest BCUT2D eigenvalue weighted by atomic mass is 19.1. The Labute approximate surface area is 101 Å². The van der Waals surface area contributed by atoms with Crippen molar-refractivity contribution in [1.82, 2.24) is 0 Å². The third kappa shape index (κ3) is 1.97. The van der Waals surface area contributed by atoms with E-state index in [0.717, 1.165) is 5.69 Å². The summed E-state index contributed by atoms with van der Waals surface area (Å²) in [5.41, 5.74) is 7.32. The zero-order valence-corrected chi connectivity index (χ0v) is 10.4. The van der Waals surface area contributed by atoms with E-state index in [4.69, 9.17) is 5.73 Å². The standard InChI is InChI=1S/C13H19FN2O/c1-7-4-10(9(15)5-8(7)14)16-11-6-12(17)13(11,2)3/h4-5,11-12,16-17H,6,15H2,1-3H3. The number of nitrogens with two attached hydrogens (primary N) is 1. The number of anilines is 2. The first-order valence-corrected chi connectivity index (χ1v) is 5.82. The third-order valence-electron chi connectivity index (χ3n) is 3.88. The Balaban J connectivity index is 2.18. The average Bonchev–Trinajstić information content (AvgIpc) is 2.25. The first-order valence-electron chi connectivity index (χ1n) is 5.82. The number of aliphatic hydroxyl groups is 1. The molecule has 0 aromatic heterocycles. The lowest BCUT2D eigenvalue weighted by Gasteiger charge is -2.50. The summed E-state index contributed by atoms with van der Waals surface area (Å²) in [6, 6.07) is 3.22. The molecule has 1 fully saturated rings. The maximum Gasteiger partial charge on any atom is 0.128 e. The lowest BCUT2D eigenvalue weighted by molar-refractivity contribution is -0.0510. The number of aryl methyl sites for hydroxylation is 1. The molecular weight excluding hydrogens is 219 g/mol. The molecule has 4 heteroatoms. The summed E-state index contributed by atoms with van der Waals surface area (Å²) in [7, 11) is 0. The van der Waals surface area contributed by atoms with Gasteiger partial charge in [0.15, 0.2) is 0 Å². The van der Waals surface area contributed by atoms with Crippen molar-refractivity contribution in [3.05, 3.63) is 23.5 Å². The van der Waals surface area contributed by atoms with Gasteiger partial charge in [0.2, 0.25) is 0 Å². The maximum atomic E-state index is 13.3. The quantitative estimate of drug-likeness (QED) is 0.693. The number of halogens is 1. The van der Waals surface area contributed by atoms with Crippen LogP contribution in [0.3, 0.4) is 0 Å². The Morgan fingerprint density at radius 2 is 2.12 bits per heavy atom. The van der Waals surface area contributed by atoms with Gasteiger partial charge in [-0.25, -0.2) is 4.39 Å². The maximum absolute atomic E-state index is 13.3. The Hall–Kier alpha value is -1.29. The first-order chi connectivity index (χ1) is 7.82.